The molecule has 2 nitrogen and oxygen atoms in total. The summed E-state index contributed by atoms with van der Waals surface area (Å²) in [6, 6.07) is 6.62. The fraction of sp³-hybridized carbons (Fsp3) is 0.591. The molecule has 24 heavy (non-hydrogen) atoms. The molecule has 4 atom stereocenters. The van der Waals surface area contributed by atoms with Crippen LogP contribution in [-0.2, 0) is 11.2 Å². The summed E-state index contributed by atoms with van der Waals surface area (Å²) < 4.78 is 5.41. The zero-order chi connectivity index (χ0) is 16.5. The Hall–Kier alpha value is -1.57. The number of ketones is 1. The molecule has 0 heterocycles. The fourth-order valence-corrected chi connectivity index (χ4v) is 6.62. The Bertz CT molecular complexity index is 761. The number of carbonyl (C=O) groups is 1. The van der Waals surface area contributed by atoms with Crippen LogP contribution in [0.5, 0.6) is 5.75 Å². The van der Waals surface area contributed by atoms with Gasteiger partial charge in [0.1, 0.15) is 11.5 Å². The first-order chi connectivity index (χ1) is 11.6. The Kier molecular flexibility index (Phi) is 2.91. The first-order valence-electron chi connectivity index (χ1n) is 9.50. The molecule has 2 heteroatoms. The standard InChI is InChI=1S/C22H26O2/c1-21-10-8-19-18-5-3-14-13-15(24-2)4-6-16(14)17(18)7-12-22(19,21)20(23)9-11-21/h4,6,8,13,17-18H,3,5,7,9-12H2,1-2H3/t17?,18?,21-,22+/m0/s1. The molecule has 1 spiro atoms. The number of rotatable bonds is 1. The quantitative estimate of drug-likeness (QED) is 0.693. The first-order valence-corrected chi connectivity index (χ1v) is 9.50. The molecule has 126 valence electrons. The van der Waals surface area contributed by atoms with Crippen molar-refractivity contribution in [1.82, 2.24) is 0 Å². The number of benzene rings is 1. The van der Waals surface area contributed by atoms with E-state index in [0.29, 0.717) is 17.6 Å². The number of Topliss-reactive ketones (excluding diaryl/α,β-unsaturated/α-hetero) is 1. The van der Waals surface area contributed by atoms with Crippen molar-refractivity contribution in [2.45, 2.75) is 57.8 Å². The van der Waals surface area contributed by atoms with Crippen molar-refractivity contribution in [3.63, 3.8) is 0 Å². The Morgan fingerprint density at radius 1 is 1.12 bits per heavy atom. The van der Waals surface area contributed by atoms with E-state index in [-0.39, 0.29) is 10.8 Å². The van der Waals surface area contributed by atoms with E-state index in [2.05, 4.69) is 31.2 Å². The minimum atomic E-state index is -0.0991. The molecule has 0 N–H and O–H groups in total. The van der Waals surface area contributed by atoms with Gasteiger partial charge >= 0.3 is 0 Å². The highest BCUT2D eigenvalue weighted by Gasteiger charge is 2.64. The molecule has 0 aliphatic heterocycles. The van der Waals surface area contributed by atoms with Gasteiger partial charge < -0.3 is 4.74 Å². The predicted molar refractivity (Wildman–Crippen MR) is 94.3 cm³/mol. The molecule has 2 saturated carbocycles. The van der Waals surface area contributed by atoms with E-state index in [4.69, 9.17) is 4.74 Å². The third-order valence-corrected chi connectivity index (χ3v) is 7.87. The van der Waals surface area contributed by atoms with Crippen LogP contribution in [0.25, 0.3) is 0 Å². The van der Waals surface area contributed by atoms with Gasteiger partial charge in [0, 0.05) is 6.42 Å². The van der Waals surface area contributed by atoms with Crippen molar-refractivity contribution in [3.05, 3.63) is 41.0 Å². The lowest BCUT2D eigenvalue weighted by Gasteiger charge is -2.50. The van der Waals surface area contributed by atoms with Gasteiger partial charge in [-0.15, -0.1) is 0 Å². The van der Waals surface area contributed by atoms with Gasteiger partial charge in [-0.05, 0) is 79.0 Å². The van der Waals surface area contributed by atoms with E-state index in [1.54, 1.807) is 7.11 Å². The van der Waals surface area contributed by atoms with Gasteiger partial charge in [0.15, 0.2) is 0 Å². The monoisotopic (exact) mass is 322 g/mol. The topological polar surface area (TPSA) is 26.3 Å². The number of carbonyl (C=O) groups excluding carboxylic acids is 1. The third kappa shape index (κ3) is 1.60. The Balaban J connectivity index is 1.57. The molecule has 2 fully saturated rings. The van der Waals surface area contributed by atoms with Gasteiger partial charge in [-0.2, -0.15) is 0 Å². The zero-order valence-corrected chi connectivity index (χ0v) is 14.7. The SMILES string of the molecule is COc1ccc2c(c1)CCC1C3=CC[C@@]4(C)CCC(=O)[C@@]34CCC21. The number of aryl methyl sites for hydroxylation is 1. The molecule has 0 amide bonds. The van der Waals surface area contributed by atoms with Gasteiger partial charge in [-0.25, -0.2) is 0 Å². The number of allylic oxidation sites excluding steroid dienone is 2. The molecule has 0 aromatic heterocycles. The number of fused-ring (bicyclic) bond motifs is 4. The lowest BCUT2D eigenvalue weighted by Crippen LogP contribution is -2.45. The summed E-state index contributed by atoms with van der Waals surface area (Å²) in [5.74, 6) is 2.71. The summed E-state index contributed by atoms with van der Waals surface area (Å²) in [6.45, 7) is 2.38. The van der Waals surface area contributed by atoms with Crippen molar-refractivity contribution in [3.8, 4) is 5.75 Å². The molecule has 0 radical (unpaired) electrons. The van der Waals surface area contributed by atoms with E-state index in [1.807, 2.05) is 0 Å². The summed E-state index contributed by atoms with van der Waals surface area (Å²) >= 11 is 0. The molecule has 1 aromatic rings. The maximum atomic E-state index is 13.0. The number of methoxy groups -OCH3 is 1. The summed E-state index contributed by atoms with van der Waals surface area (Å²) in [7, 11) is 1.74. The Morgan fingerprint density at radius 2 is 2.00 bits per heavy atom. The van der Waals surface area contributed by atoms with Crippen LogP contribution >= 0.6 is 0 Å². The van der Waals surface area contributed by atoms with E-state index in [9.17, 15) is 4.79 Å². The molecular formula is C22H26O2. The summed E-state index contributed by atoms with van der Waals surface area (Å²) in [5, 5.41) is 0. The predicted octanol–water partition coefficient (Wildman–Crippen LogP) is 4.82. The van der Waals surface area contributed by atoms with E-state index >= 15 is 0 Å². The highest BCUT2D eigenvalue weighted by atomic mass is 16.5. The van der Waals surface area contributed by atoms with E-state index < -0.39 is 0 Å². The molecule has 4 aliphatic carbocycles. The number of ether oxygens (including phenoxy) is 1. The average Bonchev–Trinajstić information content (AvgIpc) is 3.05. The molecule has 0 bridgehead atoms. The van der Waals surface area contributed by atoms with E-state index in [1.165, 1.54) is 29.5 Å². The Labute approximate surface area is 144 Å². The van der Waals surface area contributed by atoms with Gasteiger partial charge in [-0.1, -0.05) is 24.6 Å². The third-order valence-electron chi connectivity index (χ3n) is 7.87. The molecule has 2 unspecified atom stereocenters. The normalized spacial score (nSPS) is 39.6. The van der Waals surface area contributed by atoms with Crippen molar-refractivity contribution in [2.24, 2.45) is 16.7 Å². The van der Waals surface area contributed by atoms with Gasteiger partial charge in [-0.3, -0.25) is 4.79 Å². The summed E-state index contributed by atoms with van der Waals surface area (Å²) in [6.07, 6.45) is 10.0. The van der Waals surface area contributed by atoms with Gasteiger partial charge in [0.2, 0.25) is 0 Å². The van der Waals surface area contributed by atoms with Crippen LogP contribution in [0.1, 0.15) is 62.5 Å². The maximum absolute atomic E-state index is 13.0. The smallest absolute Gasteiger partial charge is 0.143 e. The van der Waals surface area contributed by atoms with Crippen molar-refractivity contribution >= 4 is 5.78 Å². The molecule has 0 saturated heterocycles. The second kappa shape index (κ2) is 4.74. The minimum Gasteiger partial charge on any atom is -0.497 e. The van der Waals surface area contributed by atoms with Gasteiger partial charge in [0.25, 0.3) is 0 Å². The van der Waals surface area contributed by atoms with Crippen LogP contribution in [0.3, 0.4) is 0 Å². The highest BCUT2D eigenvalue weighted by Crippen LogP contribution is 2.69. The Morgan fingerprint density at radius 3 is 2.83 bits per heavy atom. The van der Waals surface area contributed by atoms with Crippen LogP contribution in [-0.4, -0.2) is 12.9 Å². The minimum absolute atomic E-state index is 0.0991. The summed E-state index contributed by atoms with van der Waals surface area (Å²) in [4.78, 5) is 13.0. The van der Waals surface area contributed by atoms with Gasteiger partial charge in [0.05, 0.1) is 12.5 Å². The van der Waals surface area contributed by atoms with Crippen molar-refractivity contribution < 1.29 is 9.53 Å². The summed E-state index contributed by atoms with van der Waals surface area (Å²) in [5.41, 5.74) is 4.63. The lowest BCUT2D eigenvalue weighted by molar-refractivity contribution is -0.128. The van der Waals surface area contributed by atoms with Crippen LogP contribution in [0, 0.1) is 16.7 Å². The highest BCUT2D eigenvalue weighted by molar-refractivity contribution is 5.92. The van der Waals surface area contributed by atoms with Crippen molar-refractivity contribution in [1.29, 1.82) is 0 Å². The zero-order valence-electron chi connectivity index (χ0n) is 14.7. The van der Waals surface area contributed by atoms with Crippen LogP contribution in [0.2, 0.25) is 0 Å². The van der Waals surface area contributed by atoms with Crippen molar-refractivity contribution in [2.75, 3.05) is 7.11 Å². The lowest BCUT2D eigenvalue weighted by atomic mass is 9.52. The molecule has 4 aliphatic rings. The molecule has 1 aromatic carbocycles. The second-order valence-electron chi connectivity index (χ2n) is 8.61. The largest absolute Gasteiger partial charge is 0.497 e. The van der Waals surface area contributed by atoms with Crippen LogP contribution in [0.4, 0.5) is 0 Å². The average molecular weight is 322 g/mol. The molecular weight excluding hydrogens is 296 g/mol. The molecule has 5 rings (SSSR count). The second-order valence-corrected chi connectivity index (χ2v) is 8.61. The first kappa shape index (κ1) is 14.7. The maximum Gasteiger partial charge on any atom is 0.143 e. The van der Waals surface area contributed by atoms with Crippen LogP contribution < -0.4 is 4.74 Å². The number of hydrogen-bond donors (Lipinski definition) is 0. The fourth-order valence-electron chi connectivity index (χ4n) is 6.62. The van der Waals surface area contributed by atoms with E-state index in [0.717, 1.165) is 37.9 Å². The van der Waals surface area contributed by atoms with Crippen LogP contribution in [0.15, 0.2) is 29.8 Å². The number of hydrogen-bond acceptors (Lipinski definition) is 2.